The summed E-state index contributed by atoms with van der Waals surface area (Å²) in [7, 11) is 1.33. The zero-order valence-electron chi connectivity index (χ0n) is 15.7. The van der Waals surface area contributed by atoms with E-state index < -0.39 is 0 Å². The molecule has 0 N–H and O–H groups in total. The fourth-order valence-corrected chi connectivity index (χ4v) is 3.12. The first-order valence-corrected chi connectivity index (χ1v) is 9.07. The van der Waals surface area contributed by atoms with Gasteiger partial charge in [0.2, 0.25) is 5.91 Å². The third-order valence-electron chi connectivity index (χ3n) is 4.62. The first kappa shape index (κ1) is 18.8. The normalized spacial score (nSPS) is 14.1. The lowest BCUT2D eigenvalue weighted by molar-refractivity contribution is -0.143. The first-order valence-electron chi connectivity index (χ1n) is 9.07. The van der Waals surface area contributed by atoms with E-state index in [2.05, 4.69) is 19.6 Å². The summed E-state index contributed by atoms with van der Waals surface area (Å²) < 4.78 is 4.59. The van der Waals surface area contributed by atoms with Gasteiger partial charge in [-0.3, -0.25) is 9.59 Å². The number of carbonyl (C=O) groups excluding carboxylic acids is 2. The molecule has 1 aliphatic heterocycles. The highest BCUT2D eigenvalue weighted by molar-refractivity contribution is 5.81. The van der Waals surface area contributed by atoms with Gasteiger partial charge in [0, 0.05) is 44.2 Å². The smallest absolute Gasteiger partial charge is 0.306 e. The first-order chi connectivity index (χ1) is 13.1. The summed E-state index contributed by atoms with van der Waals surface area (Å²) in [6.07, 6.45) is 0.318. The van der Waals surface area contributed by atoms with Gasteiger partial charge in [0.05, 0.1) is 19.2 Å². The number of esters is 1. The van der Waals surface area contributed by atoms with Crippen molar-refractivity contribution >= 4 is 17.7 Å². The van der Waals surface area contributed by atoms with Crippen molar-refractivity contribution in [1.82, 2.24) is 14.9 Å². The molecule has 1 amide bonds. The minimum atomic E-state index is -0.355. The van der Waals surface area contributed by atoms with Crippen LogP contribution in [0.1, 0.15) is 18.7 Å². The molecule has 1 aromatic carbocycles. The zero-order valence-corrected chi connectivity index (χ0v) is 15.7. The minimum absolute atomic E-state index is 0.0103. The van der Waals surface area contributed by atoms with Crippen molar-refractivity contribution in [2.45, 2.75) is 19.8 Å². The Hall–Kier alpha value is -2.96. The highest BCUT2D eigenvalue weighted by atomic mass is 16.5. The number of nitrogens with zero attached hydrogens (tertiary/aromatic N) is 4. The number of aryl methyl sites for hydroxylation is 1. The van der Waals surface area contributed by atoms with Gasteiger partial charge in [-0.2, -0.15) is 0 Å². The highest BCUT2D eigenvalue weighted by Gasteiger charge is 2.23. The molecule has 7 nitrogen and oxygen atoms in total. The van der Waals surface area contributed by atoms with Crippen molar-refractivity contribution < 1.29 is 14.3 Å². The molecule has 1 fully saturated rings. The zero-order chi connectivity index (χ0) is 19.2. The van der Waals surface area contributed by atoms with Crippen LogP contribution < -0.4 is 4.90 Å². The van der Waals surface area contributed by atoms with E-state index in [0.29, 0.717) is 26.2 Å². The van der Waals surface area contributed by atoms with Crippen LogP contribution >= 0.6 is 0 Å². The molecule has 142 valence electrons. The monoisotopic (exact) mass is 368 g/mol. The number of methoxy groups -OCH3 is 1. The Labute approximate surface area is 159 Å². The molecular formula is C20H24N4O3. The lowest BCUT2D eigenvalue weighted by Crippen LogP contribution is -2.49. The topological polar surface area (TPSA) is 75.6 Å². The molecule has 0 radical (unpaired) electrons. The number of benzene rings is 1. The molecule has 1 aliphatic rings. The van der Waals surface area contributed by atoms with Gasteiger partial charge in [0.15, 0.2) is 0 Å². The Morgan fingerprint density at radius 2 is 1.74 bits per heavy atom. The predicted octanol–water partition coefficient (Wildman–Crippen LogP) is 2.05. The molecule has 0 bridgehead atoms. The number of anilines is 1. The van der Waals surface area contributed by atoms with Crippen LogP contribution in [-0.4, -0.2) is 60.0 Å². The summed E-state index contributed by atoms with van der Waals surface area (Å²) in [6.45, 7) is 4.53. The van der Waals surface area contributed by atoms with Crippen molar-refractivity contribution in [3.8, 4) is 11.3 Å². The van der Waals surface area contributed by atoms with Gasteiger partial charge in [-0.1, -0.05) is 30.3 Å². The number of hydrogen-bond donors (Lipinski definition) is 0. The second kappa shape index (κ2) is 8.62. The fraction of sp³-hybridized carbons (Fsp3) is 0.400. The SMILES string of the molecule is COC(=O)CCC(=O)N1CCN(c2cc(-c3ccccc3)nc(C)n2)CC1. The summed E-state index contributed by atoms with van der Waals surface area (Å²) in [5.74, 6) is 1.24. The third-order valence-corrected chi connectivity index (χ3v) is 4.62. The maximum absolute atomic E-state index is 12.2. The molecule has 0 atom stereocenters. The average Bonchev–Trinajstić information content (AvgIpc) is 2.72. The van der Waals surface area contributed by atoms with Crippen molar-refractivity contribution in [3.63, 3.8) is 0 Å². The minimum Gasteiger partial charge on any atom is -0.469 e. The Kier molecular flexibility index (Phi) is 6.01. The van der Waals surface area contributed by atoms with Crippen LogP contribution in [0, 0.1) is 6.92 Å². The summed E-state index contributed by atoms with van der Waals surface area (Å²) in [4.78, 5) is 36.5. The number of rotatable bonds is 5. The number of hydrogen-bond acceptors (Lipinski definition) is 6. The maximum atomic E-state index is 12.2. The van der Waals surface area contributed by atoms with Crippen LogP contribution in [0.2, 0.25) is 0 Å². The van der Waals surface area contributed by atoms with E-state index in [1.807, 2.05) is 43.3 Å². The molecule has 3 rings (SSSR count). The maximum Gasteiger partial charge on any atom is 0.306 e. The summed E-state index contributed by atoms with van der Waals surface area (Å²) in [6, 6.07) is 12.0. The van der Waals surface area contributed by atoms with Crippen molar-refractivity contribution in [2.24, 2.45) is 0 Å². The van der Waals surface area contributed by atoms with Gasteiger partial charge in [0.1, 0.15) is 11.6 Å². The van der Waals surface area contributed by atoms with E-state index >= 15 is 0 Å². The van der Waals surface area contributed by atoms with Crippen molar-refractivity contribution in [1.29, 1.82) is 0 Å². The van der Waals surface area contributed by atoms with Gasteiger partial charge >= 0.3 is 5.97 Å². The van der Waals surface area contributed by atoms with E-state index in [0.717, 1.165) is 22.9 Å². The Morgan fingerprint density at radius 3 is 2.41 bits per heavy atom. The van der Waals surface area contributed by atoms with E-state index in [1.54, 1.807) is 4.90 Å². The number of piperazine rings is 1. The van der Waals surface area contributed by atoms with Crippen molar-refractivity contribution in [2.75, 3.05) is 38.2 Å². The Balaban J connectivity index is 1.63. The standard InChI is InChI=1S/C20H24N4O3/c1-15-21-17(16-6-4-3-5-7-16)14-18(22-15)23-10-12-24(13-11-23)19(25)8-9-20(26)27-2/h3-7,14H,8-13H2,1-2H3. The van der Waals surface area contributed by atoms with E-state index in [1.165, 1.54) is 7.11 Å². The van der Waals surface area contributed by atoms with Crippen LogP contribution in [0.15, 0.2) is 36.4 Å². The van der Waals surface area contributed by atoms with E-state index in [-0.39, 0.29) is 24.7 Å². The van der Waals surface area contributed by atoms with Crippen LogP contribution in [0.5, 0.6) is 0 Å². The predicted molar refractivity (Wildman–Crippen MR) is 102 cm³/mol. The molecule has 0 unspecified atom stereocenters. The van der Waals surface area contributed by atoms with Gasteiger partial charge in [0.25, 0.3) is 0 Å². The largest absolute Gasteiger partial charge is 0.469 e. The average molecular weight is 368 g/mol. The molecule has 7 heteroatoms. The molecular weight excluding hydrogens is 344 g/mol. The summed E-state index contributed by atoms with van der Waals surface area (Å²) >= 11 is 0. The van der Waals surface area contributed by atoms with Crippen molar-refractivity contribution in [3.05, 3.63) is 42.2 Å². The third kappa shape index (κ3) is 4.81. The quantitative estimate of drug-likeness (QED) is 0.752. The number of ether oxygens (including phenoxy) is 1. The molecule has 0 aliphatic carbocycles. The van der Waals surface area contributed by atoms with Crippen LogP contribution in [0.25, 0.3) is 11.3 Å². The molecule has 27 heavy (non-hydrogen) atoms. The van der Waals surface area contributed by atoms with E-state index in [4.69, 9.17) is 0 Å². The molecule has 1 saturated heterocycles. The fourth-order valence-electron chi connectivity index (χ4n) is 3.12. The highest BCUT2D eigenvalue weighted by Crippen LogP contribution is 2.22. The van der Waals surface area contributed by atoms with E-state index in [9.17, 15) is 9.59 Å². The Morgan fingerprint density at radius 1 is 1.04 bits per heavy atom. The molecule has 0 spiro atoms. The summed E-state index contributed by atoms with van der Waals surface area (Å²) in [5, 5.41) is 0. The van der Waals surface area contributed by atoms with Crippen LogP contribution in [0.4, 0.5) is 5.82 Å². The van der Waals surface area contributed by atoms with Gasteiger partial charge in [-0.15, -0.1) is 0 Å². The molecule has 2 heterocycles. The number of aromatic nitrogens is 2. The molecule has 1 aromatic heterocycles. The second-order valence-electron chi connectivity index (χ2n) is 6.47. The van der Waals surface area contributed by atoms with Crippen LogP contribution in [-0.2, 0) is 14.3 Å². The lowest BCUT2D eigenvalue weighted by Gasteiger charge is -2.35. The molecule has 2 aromatic rings. The second-order valence-corrected chi connectivity index (χ2v) is 6.47. The number of carbonyl (C=O) groups is 2. The lowest BCUT2D eigenvalue weighted by atomic mass is 10.1. The summed E-state index contributed by atoms with van der Waals surface area (Å²) in [5.41, 5.74) is 1.95. The van der Waals surface area contributed by atoms with Gasteiger partial charge in [-0.05, 0) is 6.92 Å². The van der Waals surface area contributed by atoms with Crippen LogP contribution in [0.3, 0.4) is 0 Å². The molecule has 0 saturated carbocycles. The van der Waals surface area contributed by atoms with Gasteiger partial charge in [-0.25, -0.2) is 9.97 Å². The Bertz CT molecular complexity index is 802. The number of amides is 1. The van der Waals surface area contributed by atoms with Gasteiger partial charge < -0.3 is 14.5 Å².